The summed E-state index contributed by atoms with van der Waals surface area (Å²) < 4.78 is 11.4. The summed E-state index contributed by atoms with van der Waals surface area (Å²) >= 11 is 2.09. The van der Waals surface area contributed by atoms with Crippen LogP contribution in [-0.4, -0.2) is 86.4 Å². The number of nitrogens with zero attached hydrogens (tertiary/aromatic N) is 3. The lowest BCUT2D eigenvalue weighted by atomic mass is 10.1. The zero-order chi connectivity index (χ0) is 20.5. The van der Waals surface area contributed by atoms with Crippen molar-refractivity contribution in [3.63, 3.8) is 0 Å². The van der Waals surface area contributed by atoms with Gasteiger partial charge in [0.15, 0.2) is 5.96 Å². The zero-order valence-corrected chi connectivity index (χ0v) is 21.7. The van der Waals surface area contributed by atoms with Crippen LogP contribution in [0.25, 0.3) is 0 Å². The van der Waals surface area contributed by atoms with Crippen LogP contribution in [0.2, 0.25) is 0 Å². The second kappa shape index (κ2) is 13.6. The van der Waals surface area contributed by atoms with Crippen LogP contribution in [0.15, 0.2) is 29.3 Å². The van der Waals surface area contributed by atoms with Crippen LogP contribution in [0, 0.1) is 5.92 Å². The van der Waals surface area contributed by atoms with E-state index in [2.05, 4.69) is 63.9 Å². The number of nitrogens with one attached hydrogen (secondary N) is 1. The van der Waals surface area contributed by atoms with Gasteiger partial charge in [0.05, 0.1) is 13.2 Å². The Kier molecular flexibility index (Phi) is 11.6. The van der Waals surface area contributed by atoms with Crippen molar-refractivity contribution >= 4 is 41.7 Å². The van der Waals surface area contributed by atoms with Gasteiger partial charge in [-0.25, -0.2) is 0 Å². The third-order valence-corrected chi connectivity index (χ3v) is 7.02. The molecule has 3 rings (SSSR count). The zero-order valence-electron chi connectivity index (χ0n) is 18.5. The SMILES string of the molecule is CN=C(NCc1cccc(OCCN2CCOCC2)c1)N1CCSC(C(C)C)C1.I. The average Bonchev–Trinajstić information content (AvgIpc) is 2.75. The van der Waals surface area contributed by atoms with E-state index < -0.39 is 0 Å². The summed E-state index contributed by atoms with van der Waals surface area (Å²) in [6.07, 6.45) is 0. The van der Waals surface area contributed by atoms with Crippen LogP contribution >= 0.6 is 35.7 Å². The lowest BCUT2D eigenvalue weighted by molar-refractivity contribution is 0.0322. The minimum atomic E-state index is 0. The van der Waals surface area contributed by atoms with E-state index in [-0.39, 0.29) is 24.0 Å². The lowest BCUT2D eigenvalue weighted by Crippen LogP contribution is -2.48. The maximum absolute atomic E-state index is 5.99. The van der Waals surface area contributed by atoms with Crippen molar-refractivity contribution in [1.82, 2.24) is 15.1 Å². The molecule has 6 nitrogen and oxygen atoms in total. The standard InChI is InChI=1S/C22H36N4O2S.HI/c1-18(2)21-17-26(10-14-29-21)22(23-3)24-16-19-5-4-6-20(15-19)28-13-9-25-7-11-27-12-8-25;/h4-6,15,18,21H,7-14,16-17H2,1-3H3,(H,23,24);1H. The number of rotatable bonds is 7. The summed E-state index contributed by atoms with van der Waals surface area (Å²) in [4.78, 5) is 9.30. The Labute approximate surface area is 203 Å². The largest absolute Gasteiger partial charge is 0.492 e. The van der Waals surface area contributed by atoms with E-state index in [0.717, 1.165) is 69.9 Å². The van der Waals surface area contributed by atoms with Gasteiger partial charge in [0.1, 0.15) is 12.4 Å². The highest BCUT2D eigenvalue weighted by atomic mass is 127. The predicted octanol–water partition coefficient (Wildman–Crippen LogP) is 3.16. The van der Waals surface area contributed by atoms with Crippen molar-refractivity contribution in [2.45, 2.75) is 25.6 Å². The molecule has 8 heteroatoms. The maximum Gasteiger partial charge on any atom is 0.193 e. The van der Waals surface area contributed by atoms with Gasteiger partial charge >= 0.3 is 0 Å². The van der Waals surface area contributed by atoms with Gasteiger partial charge in [-0.15, -0.1) is 24.0 Å². The first kappa shape index (κ1) is 25.5. The number of hydrogen-bond acceptors (Lipinski definition) is 5. The van der Waals surface area contributed by atoms with Crippen molar-refractivity contribution in [2.24, 2.45) is 10.9 Å². The van der Waals surface area contributed by atoms with E-state index in [1.165, 1.54) is 5.56 Å². The summed E-state index contributed by atoms with van der Waals surface area (Å²) in [5, 5.41) is 4.21. The topological polar surface area (TPSA) is 49.3 Å². The van der Waals surface area contributed by atoms with Gasteiger partial charge < -0.3 is 19.7 Å². The van der Waals surface area contributed by atoms with Gasteiger partial charge in [0, 0.05) is 57.3 Å². The molecule has 0 aliphatic carbocycles. The van der Waals surface area contributed by atoms with E-state index in [4.69, 9.17) is 9.47 Å². The van der Waals surface area contributed by atoms with Crippen molar-refractivity contribution < 1.29 is 9.47 Å². The second-order valence-electron chi connectivity index (χ2n) is 7.95. The molecular weight excluding hydrogens is 511 g/mol. The highest BCUT2D eigenvalue weighted by Crippen LogP contribution is 2.25. The quantitative estimate of drug-likeness (QED) is 0.321. The molecule has 0 bridgehead atoms. The van der Waals surface area contributed by atoms with Crippen LogP contribution in [0.1, 0.15) is 19.4 Å². The molecule has 0 saturated carbocycles. The number of hydrogen-bond donors (Lipinski definition) is 1. The third kappa shape index (κ3) is 8.09. The normalized spacial score (nSPS) is 20.7. The fourth-order valence-corrected chi connectivity index (χ4v) is 4.95. The van der Waals surface area contributed by atoms with Crippen LogP contribution in [0.3, 0.4) is 0 Å². The van der Waals surface area contributed by atoms with Gasteiger partial charge in [-0.1, -0.05) is 26.0 Å². The molecule has 2 aliphatic rings. The Morgan fingerprint density at radius 3 is 2.83 bits per heavy atom. The second-order valence-corrected chi connectivity index (χ2v) is 9.30. The molecule has 2 heterocycles. The van der Waals surface area contributed by atoms with Gasteiger partial charge in [0.2, 0.25) is 0 Å². The number of aliphatic imine (C=N–C) groups is 1. The smallest absolute Gasteiger partial charge is 0.193 e. The minimum Gasteiger partial charge on any atom is -0.492 e. The molecule has 1 unspecified atom stereocenters. The number of thioether (sulfide) groups is 1. The summed E-state index contributed by atoms with van der Waals surface area (Å²) in [5.74, 6) is 3.78. The fraction of sp³-hybridized carbons (Fsp3) is 0.682. The summed E-state index contributed by atoms with van der Waals surface area (Å²) in [7, 11) is 1.87. The molecule has 0 spiro atoms. The summed E-state index contributed by atoms with van der Waals surface area (Å²) in [6, 6.07) is 8.36. The van der Waals surface area contributed by atoms with E-state index in [1.54, 1.807) is 0 Å². The Balaban J connectivity index is 0.00000320. The Bertz CT molecular complexity index is 656. The molecule has 30 heavy (non-hydrogen) atoms. The number of ether oxygens (including phenoxy) is 2. The van der Waals surface area contributed by atoms with Crippen molar-refractivity contribution in [3.05, 3.63) is 29.8 Å². The Hall–Kier alpha value is -0.710. The molecule has 0 aromatic heterocycles. The number of halogens is 1. The number of benzene rings is 1. The third-order valence-electron chi connectivity index (χ3n) is 5.48. The van der Waals surface area contributed by atoms with Gasteiger partial charge in [-0.2, -0.15) is 11.8 Å². The van der Waals surface area contributed by atoms with Crippen molar-refractivity contribution in [2.75, 3.05) is 65.3 Å². The Morgan fingerprint density at radius 2 is 2.10 bits per heavy atom. The molecule has 2 aliphatic heterocycles. The highest BCUT2D eigenvalue weighted by Gasteiger charge is 2.24. The molecular formula is C22H37IN4O2S. The fourth-order valence-electron chi connectivity index (χ4n) is 3.65. The van der Waals surface area contributed by atoms with Crippen LogP contribution < -0.4 is 10.1 Å². The number of guanidine groups is 1. The van der Waals surface area contributed by atoms with Gasteiger partial charge in [-0.05, 0) is 23.6 Å². The predicted molar refractivity (Wildman–Crippen MR) is 137 cm³/mol. The molecule has 1 aromatic rings. The van der Waals surface area contributed by atoms with Crippen LogP contribution in [-0.2, 0) is 11.3 Å². The molecule has 1 N–H and O–H groups in total. The minimum absolute atomic E-state index is 0. The van der Waals surface area contributed by atoms with Crippen molar-refractivity contribution in [3.8, 4) is 5.75 Å². The molecule has 170 valence electrons. The highest BCUT2D eigenvalue weighted by molar-refractivity contribution is 14.0. The molecule has 2 fully saturated rings. The number of morpholine rings is 1. The van der Waals surface area contributed by atoms with E-state index in [9.17, 15) is 0 Å². The monoisotopic (exact) mass is 548 g/mol. The van der Waals surface area contributed by atoms with E-state index >= 15 is 0 Å². The lowest BCUT2D eigenvalue weighted by Gasteiger charge is -2.36. The average molecular weight is 549 g/mol. The van der Waals surface area contributed by atoms with Crippen LogP contribution in [0.5, 0.6) is 5.75 Å². The molecule has 0 radical (unpaired) electrons. The first-order chi connectivity index (χ1) is 14.2. The summed E-state index contributed by atoms with van der Waals surface area (Å²) in [5.41, 5.74) is 1.21. The molecule has 1 aromatic carbocycles. The summed E-state index contributed by atoms with van der Waals surface area (Å²) in [6.45, 7) is 12.8. The first-order valence-electron chi connectivity index (χ1n) is 10.7. The Morgan fingerprint density at radius 1 is 1.30 bits per heavy atom. The van der Waals surface area contributed by atoms with Crippen molar-refractivity contribution in [1.29, 1.82) is 0 Å². The maximum atomic E-state index is 5.99. The molecule has 1 atom stereocenters. The first-order valence-corrected chi connectivity index (χ1v) is 11.8. The molecule has 0 amide bonds. The van der Waals surface area contributed by atoms with E-state index in [1.807, 2.05) is 13.1 Å². The van der Waals surface area contributed by atoms with Crippen LogP contribution in [0.4, 0.5) is 0 Å². The van der Waals surface area contributed by atoms with E-state index in [0.29, 0.717) is 17.8 Å². The van der Waals surface area contributed by atoms with Gasteiger partial charge in [-0.3, -0.25) is 9.89 Å². The van der Waals surface area contributed by atoms with Gasteiger partial charge in [0.25, 0.3) is 0 Å². The molecule has 2 saturated heterocycles.